The third-order valence-electron chi connectivity index (χ3n) is 3.68. The van der Waals surface area contributed by atoms with E-state index in [2.05, 4.69) is 33.0 Å². The van der Waals surface area contributed by atoms with Gasteiger partial charge in [-0.1, -0.05) is 51.7 Å². The molecule has 25 heavy (non-hydrogen) atoms. The zero-order valence-corrected chi connectivity index (χ0v) is 16.6. The van der Waals surface area contributed by atoms with E-state index in [9.17, 15) is 0 Å². The molecule has 0 unspecified atom stereocenters. The lowest BCUT2D eigenvalue weighted by atomic mass is 10.1. The number of hydrogen-bond acceptors (Lipinski definition) is 4. The van der Waals surface area contributed by atoms with E-state index in [0.29, 0.717) is 22.5 Å². The fraction of sp³-hybridized carbons (Fsp3) is 0.263. The number of ether oxygens (including phenoxy) is 1. The third-order valence-corrected chi connectivity index (χ3v) is 4.72. The number of nitrogens with zero attached hydrogens (tertiary/aromatic N) is 2. The van der Waals surface area contributed by atoms with E-state index in [4.69, 9.17) is 20.9 Å². The summed E-state index contributed by atoms with van der Waals surface area (Å²) in [5.74, 6) is 1.63. The normalized spacial score (nSPS) is 11.1. The Kier molecular flexibility index (Phi) is 5.45. The van der Waals surface area contributed by atoms with Crippen molar-refractivity contribution < 1.29 is 9.26 Å². The molecule has 3 rings (SSSR count). The van der Waals surface area contributed by atoms with Gasteiger partial charge in [0.1, 0.15) is 5.75 Å². The molecule has 0 radical (unpaired) electrons. The molecule has 2 aromatic carbocycles. The number of aromatic nitrogens is 2. The highest BCUT2D eigenvalue weighted by molar-refractivity contribution is 9.10. The second-order valence-corrected chi connectivity index (χ2v) is 7.12. The van der Waals surface area contributed by atoms with Crippen LogP contribution < -0.4 is 4.74 Å². The van der Waals surface area contributed by atoms with E-state index in [1.807, 2.05) is 44.2 Å². The molecule has 1 aromatic heterocycles. The van der Waals surface area contributed by atoms with Crippen molar-refractivity contribution in [3.05, 3.63) is 51.5 Å². The van der Waals surface area contributed by atoms with E-state index in [-0.39, 0.29) is 6.10 Å². The van der Waals surface area contributed by atoms with E-state index >= 15 is 0 Å². The molecular formula is C19H18BrClN2O2. The Bertz CT molecular complexity index is 893. The van der Waals surface area contributed by atoms with Crippen LogP contribution in [0.2, 0.25) is 5.02 Å². The van der Waals surface area contributed by atoms with Gasteiger partial charge in [0, 0.05) is 15.6 Å². The van der Waals surface area contributed by atoms with E-state index in [1.54, 1.807) is 6.07 Å². The Morgan fingerprint density at radius 1 is 1.24 bits per heavy atom. The molecule has 0 aliphatic heterocycles. The number of rotatable bonds is 5. The van der Waals surface area contributed by atoms with Gasteiger partial charge in [-0.05, 0) is 50.1 Å². The monoisotopic (exact) mass is 420 g/mol. The molecule has 0 amide bonds. The first-order valence-electron chi connectivity index (χ1n) is 8.07. The first-order chi connectivity index (χ1) is 12.0. The van der Waals surface area contributed by atoms with Crippen molar-refractivity contribution in [3.8, 4) is 28.6 Å². The molecule has 0 aliphatic rings. The van der Waals surface area contributed by atoms with Crippen molar-refractivity contribution >= 4 is 27.5 Å². The highest BCUT2D eigenvalue weighted by atomic mass is 79.9. The quantitative estimate of drug-likeness (QED) is 0.494. The zero-order chi connectivity index (χ0) is 18.0. The highest BCUT2D eigenvalue weighted by Crippen LogP contribution is 2.33. The lowest BCUT2D eigenvalue weighted by Crippen LogP contribution is -2.05. The Labute approximate surface area is 160 Å². The zero-order valence-electron chi connectivity index (χ0n) is 14.2. The molecule has 0 aliphatic carbocycles. The van der Waals surface area contributed by atoms with Crippen LogP contribution in [0.5, 0.6) is 5.75 Å². The van der Waals surface area contributed by atoms with Gasteiger partial charge in [0.15, 0.2) is 0 Å². The Hall–Kier alpha value is -1.85. The minimum atomic E-state index is 0.0577. The lowest BCUT2D eigenvalue weighted by Gasteiger charge is -2.11. The SMILES string of the molecule is CCc1c(Br)cccc1-c1noc(-c2ccc(OC(C)C)c(Cl)c2)n1. The molecule has 0 N–H and O–H groups in total. The van der Waals surface area contributed by atoms with Crippen LogP contribution in [0.3, 0.4) is 0 Å². The molecule has 0 saturated carbocycles. The molecule has 0 atom stereocenters. The average molecular weight is 422 g/mol. The molecule has 4 nitrogen and oxygen atoms in total. The Morgan fingerprint density at radius 3 is 2.72 bits per heavy atom. The van der Waals surface area contributed by atoms with E-state index < -0.39 is 0 Å². The first-order valence-corrected chi connectivity index (χ1v) is 9.24. The van der Waals surface area contributed by atoms with Gasteiger partial charge < -0.3 is 9.26 Å². The predicted octanol–water partition coefficient (Wildman–Crippen LogP) is 6.17. The summed E-state index contributed by atoms with van der Waals surface area (Å²) in [6, 6.07) is 11.4. The fourth-order valence-corrected chi connectivity index (χ4v) is 3.43. The molecular weight excluding hydrogens is 404 g/mol. The van der Waals surface area contributed by atoms with Crippen molar-refractivity contribution in [2.75, 3.05) is 0 Å². The molecule has 6 heteroatoms. The Morgan fingerprint density at radius 2 is 2.04 bits per heavy atom. The van der Waals surface area contributed by atoms with Crippen molar-refractivity contribution in [1.82, 2.24) is 10.1 Å². The largest absolute Gasteiger partial charge is 0.489 e. The van der Waals surface area contributed by atoms with Gasteiger partial charge in [-0.2, -0.15) is 4.98 Å². The molecule has 0 bridgehead atoms. The van der Waals surface area contributed by atoms with Crippen LogP contribution in [0, 0.1) is 0 Å². The van der Waals surface area contributed by atoms with Gasteiger partial charge in [0.2, 0.25) is 5.82 Å². The minimum absolute atomic E-state index is 0.0577. The van der Waals surface area contributed by atoms with Crippen molar-refractivity contribution in [2.24, 2.45) is 0 Å². The van der Waals surface area contributed by atoms with Gasteiger partial charge in [-0.25, -0.2) is 0 Å². The molecule has 0 spiro atoms. The summed E-state index contributed by atoms with van der Waals surface area (Å²) in [4.78, 5) is 4.53. The van der Waals surface area contributed by atoms with Crippen LogP contribution in [0.25, 0.3) is 22.8 Å². The van der Waals surface area contributed by atoms with Crippen LogP contribution >= 0.6 is 27.5 Å². The maximum atomic E-state index is 6.29. The van der Waals surface area contributed by atoms with Crippen molar-refractivity contribution in [2.45, 2.75) is 33.3 Å². The summed E-state index contributed by atoms with van der Waals surface area (Å²) in [7, 11) is 0. The maximum Gasteiger partial charge on any atom is 0.258 e. The second kappa shape index (κ2) is 7.58. The van der Waals surface area contributed by atoms with Crippen molar-refractivity contribution in [3.63, 3.8) is 0 Å². The second-order valence-electron chi connectivity index (χ2n) is 5.85. The summed E-state index contributed by atoms with van der Waals surface area (Å²) in [5, 5.41) is 4.65. The smallest absolute Gasteiger partial charge is 0.258 e. The summed E-state index contributed by atoms with van der Waals surface area (Å²) in [6.45, 7) is 6.01. The van der Waals surface area contributed by atoms with E-state index in [0.717, 1.165) is 27.6 Å². The predicted molar refractivity (Wildman–Crippen MR) is 103 cm³/mol. The fourth-order valence-electron chi connectivity index (χ4n) is 2.56. The van der Waals surface area contributed by atoms with Gasteiger partial charge >= 0.3 is 0 Å². The minimum Gasteiger partial charge on any atom is -0.489 e. The molecule has 1 heterocycles. The van der Waals surface area contributed by atoms with Crippen molar-refractivity contribution in [1.29, 1.82) is 0 Å². The highest BCUT2D eigenvalue weighted by Gasteiger charge is 2.16. The van der Waals surface area contributed by atoms with E-state index in [1.165, 1.54) is 0 Å². The summed E-state index contributed by atoms with van der Waals surface area (Å²) >= 11 is 9.87. The first kappa shape index (κ1) is 18.0. The van der Waals surface area contributed by atoms with Crippen LogP contribution in [0.4, 0.5) is 0 Å². The molecule has 130 valence electrons. The Balaban J connectivity index is 1.95. The summed E-state index contributed by atoms with van der Waals surface area (Å²) < 4.78 is 12.1. The van der Waals surface area contributed by atoms with Gasteiger partial charge in [0.05, 0.1) is 11.1 Å². The molecule has 0 fully saturated rings. The standard InChI is InChI=1S/C19H18BrClN2O2/c1-4-13-14(6-5-7-15(13)20)18-22-19(25-23-18)12-8-9-17(16(21)10-12)24-11(2)3/h5-11H,4H2,1-3H3. The maximum absolute atomic E-state index is 6.29. The third kappa shape index (κ3) is 3.88. The molecule has 0 saturated heterocycles. The van der Waals surface area contributed by atoms with Gasteiger partial charge in [-0.15, -0.1) is 0 Å². The topological polar surface area (TPSA) is 48.2 Å². The molecule has 3 aromatic rings. The van der Waals surface area contributed by atoms with Crippen LogP contribution in [0.15, 0.2) is 45.4 Å². The lowest BCUT2D eigenvalue weighted by molar-refractivity contribution is 0.242. The van der Waals surface area contributed by atoms with Crippen LogP contribution in [-0.2, 0) is 6.42 Å². The number of halogens is 2. The van der Waals surface area contributed by atoms with Crippen LogP contribution in [0.1, 0.15) is 26.3 Å². The number of benzene rings is 2. The average Bonchev–Trinajstić information content (AvgIpc) is 3.06. The summed E-state index contributed by atoms with van der Waals surface area (Å²) in [6.07, 6.45) is 0.926. The van der Waals surface area contributed by atoms with Gasteiger partial charge in [-0.3, -0.25) is 0 Å². The summed E-state index contributed by atoms with van der Waals surface area (Å²) in [5.41, 5.74) is 2.86. The van der Waals surface area contributed by atoms with Crippen LogP contribution in [-0.4, -0.2) is 16.2 Å². The van der Waals surface area contributed by atoms with Gasteiger partial charge in [0.25, 0.3) is 5.89 Å². The number of hydrogen-bond donors (Lipinski definition) is 0.